The van der Waals surface area contributed by atoms with E-state index in [-0.39, 0.29) is 11.8 Å². The highest BCUT2D eigenvalue weighted by Crippen LogP contribution is 2.35. The normalized spacial score (nSPS) is 18.2. The number of amides is 2. The predicted molar refractivity (Wildman–Crippen MR) is 83.4 cm³/mol. The van der Waals surface area contributed by atoms with Crippen LogP contribution < -0.4 is 4.90 Å². The highest BCUT2D eigenvalue weighted by molar-refractivity contribution is 6.26. The Morgan fingerprint density at radius 1 is 0.955 bits per heavy atom. The molecule has 2 amide bonds. The molecule has 2 aromatic carbocycles. The van der Waals surface area contributed by atoms with Gasteiger partial charge in [0.2, 0.25) is 0 Å². The Kier molecular flexibility index (Phi) is 2.90. The van der Waals surface area contributed by atoms with Crippen molar-refractivity contribution in [2.24, 2.45) is 0 Å². The molecule has 2 aliphatic heterocycles. The van der Waals surface area contributed by atoms with Crippen LogP contribution in [0.5, 0.6) is 0 Å². The molecule has 0 aromatic heterocycles. The third-order valence-corrected chi connectivity index (χ3v) is 4.44. The van der Waals surface area contributed by atoms with Crippen molar-refractivity contribution in [2.75, 3.05) is 38.3 Å². The van der Waals surface area contributed by atoms with Gasteiger partial charge in [0, 0.05) is 47.7 Å². The van der Waals surface area contributed by atoms with Gasteiger partial charge in [0.25, 0.3) is 11.8 Å². The Bertz CT molecular complexity index is 772. The molecular formula is C17H16N2O3. The minimum atomic E-state index is -0.234. The number of nitrogens with zero attached hydrogens (tertiary/aromatic N) is 2. The van der Waals surface area contributed by atoms with Crippen LogP contribution in [0.3, 0.4) is 0 Å². The average Bonchev–Trinajstić information content (AvgIpc) is 2.58. The number of ether oxygens (including phenoxy) is 1. The summed E-state index contributed by atoms with van der Waals surface area (Å²) in [5.41, 5.74) is 2.27. The summed E-state index contributed by atoms with van der Waals surface area (Å²) in [6.45, 7) is 3.04. The third kappa shape index (κ3) is 1.75. The molecule has 112 valence electrons. The second-order valence-corrected chi connectivity index (χ2v) is 5.63. The van der Waals surface area contributed by atoms with Crippen LogP contribution in [0.2, 0.25) is 0 Å². The maximum Gasteiger partial charge on any atom is 0.261 e. The zero-order valence-electron chi connectivity index (χ0n) is 12.3. The molecule has 22 heavy (non-hydrogen) atoms. The molecule has 4 rings (SSSR count). The van der Waals surface area contributed by atoms with Crippen LogP contribution in [0.15, 0.2) is 30.3 Å². The largest absolute Gasteiger partial charge is 0.378 e. The van der Waals surface area contributed by atoms with Crippen LogP contribution in [-0.2, 0) is 4.74 Å². The maximum atomic E-state index is 12.4. The van der Waals surface area contributed by atoms with E-state index in [4.69, 9.17) is 4.74 Å². The summed E-state index contributed by atoms with van der Waals surface area (Å²) in [6.07, 6.45) is 0. The fraction of sp³-hybridized carbons (Fsp3) is 0.294. The molecule has 1 fully saturated rings. The summed E-state index contributed by atoms with van der Waals surface area (Å²) in [5, 5.41) is 1.74. The number of carbonyl (C=O) groups is 2. The Balaban J connectivity index is 1.98. The van der Waals surface area contributed by atoms with Crippen molar-refractivity contribution in [1.29, 1.82) is 0 Å². The van der Waals surface area contributed by atoms with Crippen molar-refractivity contribution in [2.45, 2.75) is 0 Å². The van der Waals surface area contributed by atoms with Gasteiger partial charge in [0.1, 0.15) is 0 Å². The van der Waals surface area contributed by atoms with Gasteiger partial charge < -0.3 is 9.64 Å². The first-order chi connectivity index (χ1) is 10.7. The van der Waals surface area contributed by atoms with Crippen LogP contribution in [0.25, 0.3) is 10.8 Å². The lowest BCUT2D eigenvalue weighted by molar-refractivity contribution is 0.0650. The lowest BCUT2D eigenvalue weighted by Gasteiger charge is -2.31. The van der Waals surface area contributed by atoms with Gasteiger partial charge in [0.15, 0.2) is 0 Å². The SMILES string of the molecule is CN1C(=O)c2cccc3c(N4CCOCC4)ccc(c23)C1=O. The van der Waals surface area contributed by atoms with Gasteiger partial charge in [-0.1, -0.05) is 12.1 Å². The number of imide groups is 1. The standard InChI is InChI=1S/C17H16N2O3/c1-18-16(20)12-4-2-3-11-14(19-7-9-22-10-8-19)6-5-13(15(11)12)17(18)21/h2-6H,7-10H2,1H3. The molecule has 2 aromatic rings. The molecule has 0 bridgehead atoms. The highest BCUT2D eigenvalue weighted by Gasteiger charge is 2.31. The van der Waals surface area contributed by atoms with E-state index in [1.54, 1.807) is 6.07 Å². The molecule has 5 heteroatoms. The Hall–Kier alpha value is -2.40. The highest BCUT2D eigenvalue weighted by atomic mass is 16.5. The molecule has 0 atom stereocenters. The van der Waals surface area contributed by atoms with E-state index < -0.39 is 0 Å². The molecular weight excluding hydrogens is 280 g/mol. The smallest absolute Gasteiger partial charge is 0.261 e. The summed E-state index contributed by atoms with van der Waals surface area (Å²) in [6, 6.07) is 9.47. The zero-order valence-corrected chi connectivity index (χ0v) is 12.3. The monoisotopic (exact) mass is 296 g/mol. The van der Waals surface area contributed by atoms with E-state index in [1.807, 2.05) is 24.3 Å². The number of benzene rings is 2. The molecule has 5 nitrogen and oxygen atoms in total. The average molecular weight is 296 g/mol. The second kappa shape index (κ2) is 4.81. The van der Waals surface area contributed by atoms with Crippen LogP contribution in [0.4, 0.5) is 5.69 Å². The Labute approximate surface area is 128 Å². The molecule has 0 radical (unpaired) electrons. The summed E-state index contributed by atoms with van der Waals surface area (Å²) >= 11 is 0. The topological polar surface area (TPSA) is 49.9 Å². The third-order valence-electron chi connectivity index (χ3n) is 4.44. The van der Waals surface area contributed by atoms with Crippen molar-refractivity contribution < 1.29 is 14.3 Å². The van der Waals surface area contributed by atoms with Gasteiger partial charge >= 0.3 is 0 Å². The lowest BCUT2D eigenvalue weighted by atomic mass is 9.93. The molecule has 2 aliphatic rings. The van der Waals surface area contributed by atoms with E-state index >= 15 is 0 Å². The van der Waals surface area contributed by atoms with Crippen LogP contribution in [0, 0.1) is 0 Å². The van der Waals surface area contributed by atoms with Gasteiger partial charge in [-0.25, -0.2) is 0 Å². The number of hydrogen-bond donors (Lipinski definition) is 0. The van der Waals surface area contributed by atoms with Crippen LogP contribution in [0.1, 0.15) is 20.7 Å². The molecule has 2 heterocycles. The summed E-state index contributed by atoms with van der Waals surface area (Å²) < 4.78 is 5.40. The zero-order chi connectivity index (χ0) is 15.3. The maximum absolute atomic E-state index is 12.4. The van der Waals surface area contributed by atoms with Crippen LogP contribution in [-0.4, -0.2) is 50.1 Å². The minimum absolute atomic E-state index is 0.234. The number of morpholine rings is 1. The number of carbonyl (C=O) groups excluding carboxylic acids is 2. The summed E-state index contributed by atoms with van der Waals surface area (Å²) in [4.78, 5) is 28.2. The predicted octanol–water partition coefficient (Wildman–Crippen LogP) is 1.90. The number of anilines is 1. The Morgan fingerprint density at radius 3 is 2.36 bits per heavy atom. The van der Waals surface area contributed by atoms with Crippen molar-refractivity contribution in [1.82, 2.24) is 4.90 Å². The second-order valence-electron chi connectivity index (χ2n) is 5.63. The molecule has 0 unspecified atom stereocenters. The van der Waals surface area contributed by atoms with E-state index in [0.717, 1.165) is 29.5 Å². The van der Waals surface area contributed by atoms with Crippen molar-refractivity contribution in [3.8, 4) is 0 Å². The summed E-state index contributed by atoms with van der Waals surface area (Å²) in [5.74, 6) is -0.468. The van der Waals surface area contributed by atoms with E-state index in [9.17, 15) is 9.59 Å². The fourth-order valence-electron chi connectivity index (χ4n) is 3.28. The number of rotatable bonds is 1. The first kappa shape index (κ1) is 13.3. The van der Waals surface area contributed by atoms with Crippen molar-refractivity contribution >= 4 is 28.3 Å². The van der Waals surface area contributed by atoms with E-state index in [2.05, 4.69) is 4.90 Å². The molecule has 0 aliphatic carbocycles. The molecule has 0 saturated carbocycles. The van der Waals surface area contributed by atoms with E-state index in [0.29, 0.717) is 24.3 Å². The van der Waals surface area contributed by atoms with Gasteiger partial charge in [-0.15, -0.1) is 0 Å². The minimum Gasteiger partial charge on any atom is -0.378 e. The lowest BCUT2D eigenvalue weighted by Crippen LogP contribution is -2.38. The van der Waals surface area contributed by atoms with Gasteiger partial charge in [-0.3, -0.25) is 14.5 Å². The molecule has 0 N–H and O–H groups in total. The van der Waals surface area contributed by atoms with Crippen molar-refractivity contribution in [3.63, 3.8) is 0 Å². The molecule has 0 spiro atoms. The van der Waals surface area contributed by atoms with E-state index in [1.165, 1.54) is 11.9 Å². The first-order valence-corrected chi connectivity index (χ1v) is 7.39. The first-order valence-electron chi connectivity index (χ1n) is 7.39. The summed E-state index contributed by atoms with van der Waals surface area (Å²) in [7, 11) is 1.53. The Morgan fingerprint density at radius 2 is 1.64 bits per heavy atom. The van der Waals surface area contributed by atoms with Gasteiger partial charge in [0.05, 0.1) is 13.2 Å². The van der Waals surface area contributed by atoms with Crippen molar-refractivity contribution in [3.05, 3.63) is 41.5 Å². The van der Waals surface area contributed by atoms with Gasteiger partial charge in [-0.05, 0) is 18.2 Å². The fourth-order valence-corrected chi connectivity index (χ4v) is 3.28. The quantitative estimate of drug-likeness (QED) is 0.754. The molecule has 1 saturated heterocycles. The van der Waals surface area contributed by atoms with Gasteiger partial charge in [-0.2, -0.15) is 0 Å². The van der Waals surface area contributed by atoms with Crippen LogP contribution >= 0.6 is 0 Å². The number of hydrogen-bond acceptors (Lipinski definition) is 4.